The van der Waals surface area contributed by atoms with Crippen molar-refractivity contribution < 1.29 is 31.7 Å². The van der Waals surface area contributed by atoms with E-state index in [1.54, 1.807) is 0 Å². The number of nitrogens with one attached hydrogen (secondary N) is 1. The summed E-state index contributed by atoms with van der Waals surface area (Å²) >= 11 is 0.0969. The molecular weight excluding hydrogens is 383 g/mol. The fourth-order valence-corrected chi connectivity index (χ4v) is 2.80. The van der Waals surface area contributed by atoms with Crippen molar-refractivity contribution in [3.05, 3.63) is 63.5 Å². The zero-order valence-corrected chi connectivity index (χ0v) is 13.7. The Morgan fingerprint density at radius 2 is 1.54 bits per heavy atom. The molecule has 0 saturated carbocycles. The van der Waals surface area contributed by atoms with Crippen LogP contribution in [-0.2, 0) is 4.79 Å². The average molecular weight is 392 g/mol. The fourth-order valence-electron chi connectivity index (χ4n) is 1.89. The Labute approximate surface area is 147 Å². The van der Waals surface area contributed by atoms with Gasteiger partial charge in [-0.05, 0) is 13.0 Å². The summed E-state index contributed by atoms with van der Waals surface area (Å²) < 4.78 is 66.7. The molecule has 138 valence electrons. The van der Waals surface area contributed by atoms with E-state index in [1.807, 2.05) is 0 Å². The number of amides is 1. The van der Waals surface area contributed by atoms with Crippen LogP contribution < -0.4 is 5.32 Å². The maximum absolute atomic E-state index is 13.7. The highest BCUT2D eigenvalue weighted by Crippen LogP contribution is 2.34. The third-order valence-electron chi connectivity index (χ3n) is 3.19. The number of benzene rings is 2. The summed E-state index contributed by atoms with van der Waals surface area (Å²) in [6.45, 7) is 1.15. The van der Waals surface area contributed by atoms with Crippen LogP contribution in [0.4, 0.5) is 33.3 Å². The molecule has 0 unspecified atom stereocenters. The Morgan fingerprint density at radius 1 is 1.04 bits per heavy atom. The number of thioether (sulfide) groups is 1. The average Bonchev–Trinajstić information content (AvgIpc) is 2.62. The van der Waals surface area contributed by atoms with Crippen LogP contribution in [0.5, 0.6) is 0 Å². The van der Waals surface area contributed by atoms with E-state index >= 15 is 0 Å². The highest BCUT2D eigenvalue weighted by Gasteiger charge is 2.29. The number of carbonyl (C=O) groups excluding carboxylic acids is 1. The summed E-state index contributed by atoms with van der Waals surface area (Å²) in [7, 11) is 0. The predicted molar refractivity (Wildman–Crippen MR) is 83.3 cm³/mol. The maximum Gasteiger partial charge on any atom is 0.292 e. The van der Waals surface area contributed by atoms with E-state index in [0.717, 1.165) is 13.0 Å². The summed E-state index contributed by atoms with van der Waals surface area (Å²) in [6, 6.07) is 5.12. The van der Waals surface area contributed by atoms with Crippen molar-refractivity contribution in [1.82, 2.24) is 0 Å². The van der Waals surface area contributed by atoms with Gasteiger partial charge in [-0.3, -0.25) is 14.9 Å². The standard InChI is InChI=1S/C15H9F5N2O3S/c1-6(15(23)21-7-4-2-3-5-8(7)22(24)25)26-14-12(19)10(17)9(16)11(18)13(14)20/h2-6H,1H3,(H,21,23)/t6-/m1/s1. The van der Waals surface area contributed by atoms with Crippen molar-refractivity contribution in [2.75, 3.05) is 5.32 Å². The first-order chi connectivity index (χ1) is 12.1. The number of nitrogens with zero attached hydrogens (tertiary/aromatic N) is 1. The second kappa shape index (κ2) is 7.68. The minimum Gasteiger partial charge on any atom is -0.319 e. The molecule has 1 N–H and O–H groups in total. The summed E-state index contributed by atoms with van der Waals surface area (Å²) in [4.78, 5) is 21.0. The number of rotatable bonds is 5. The van der Waals surface area contributed by atoms with Gasteiger partial charge in [0.25, 0.3) is 5.69 Å². The van der Waals surface area contributed by atoms with E-state index in [1.165, 1.54) is 18.2 Å². The van der Waals surface area contributed by atoms with Crippen molar-refractivity contribution in [3.63, 3.8) is 0 Å². The molecule has 1 atom stereocenters. The van der Waals surface area contributed by atoms with Crippen LogP contribution >= 0.6 is 11.8 Å². The van der Waals surface area contributed by atoms with Crippen LogP contribution in [0.2, 0.25) is 0 Å². The molecular formula is C15H9F5N2O3S. The van der Waals surface area contributed by atoms with Gasteiger partial charge >= 0.3 is 0 Å². The largest absolute Gasteiger partial charge is 0.319 e. The minimum absolute atomic E-state index is 0.0969. The maximum atomic E-state index is 13.7. The van der Waals surface area contributed by atoms with Gasteiger partial charge in [0.05, 0.1) is 15.1 Å². The van der Waals surface area contributed by atoms with Crippen molar-refractivity contribution in [1.29, 1.82) is 0 Å². The first-order valence-electron chi connectivity index (χ1n) is 6.87. The topological polar surface area (TPSA) is 72.2 Å². The molecule has 0 heterocycles. The highest BCUT2D eigenvalue weighted by atomic mass is 32.2. The lowest BCUT2D eigenvalue weighted by Gasteiger charge is -2.14. The number of nitro benzene ring substituents is 1. The molecule has 0 spiro atoms. The molecule has 0 aromatic heterocycles. The molecule has 1 amide bonds. The SMILES string of the molecule is C[C@@H](Sc1c(F)c(F)c(F)c(F)c1F)C(=O)Nc1ccccc1[N+](=O)[O-]. The first-order valence-corrected chi connectivity index (χ1v) is 7.75. The van der Waals surface area contributed by atoms with Crippen LogP contribution in [0, 0.1) is 39.2 Å². The van der Waals surface area contributed by atoms with E-state index in [2.05, 4.69) is 5.32 Å². The van der Waals surface area contributed by atoms with Crippen LogP contribution in [0.15, 0.2) is 29.2 Å². The van der Waals surface area contributed by atoms with E-state index in [-0.39, 0.29) is 17.4 Å². The number of carbonyl (C=O) groups is 1. The number of nitro groups is 1. The fraction of sp³-hybridized carbons (Fsp3) is 0.133. The molecule has 26 heavy (non-hydrogen) atoms. The molecule has 0 saturated heterocycles. The lowest BCUT2D eigenvalue weighted by atomic mass is 10.2. The lowest BCUT2D eigenvalue weighted by Crippen LogP contribution is -2.23. The van der Waals surface area contributed by atoms with Crippen molar-refractivity contribution >= 4 is 29.0 Å². The highest BCUT2D eigenvalue weighted by molar-refractivity contribution is 8.00. The summed E-state index contributed by atoms with van der Waals surface area (Å²) in [5.74, 6) is -11.6. The third-order valence-corrected chi connectivity index (χ3v) is 4.35. The number of para-hydroxylation sites is 2. The Kier molecular flexibility index (Phi) is 5.80. The van der Waals surface area contributed by atoms with Crippen LogP contribution in [0.3, 0.4) is 0 Å². The predicted octanol–water partition coefficient (Wildman–Crippen LogP) is 4.41. The second-order valence-corrected chi connectivity index (χ2v) is 6.27. The van der Waals surface area contributed by atoms with Crippen LogP contribution in [0.1, 0.15) is 6.92 Å². The van der Waals surface area contributed by atoms with Gasteiger partial charge in [0, 0.05) is 6.07 Å². The Balaban J connectivity index is 2.25. The molecule has 0 aliphatic heterocycles. The van der Waals surface area contributed by atoms with E-state index in [9.17, 15) is 36.9 Å². The van der Waals surface area contributed by atoms with Gasteiger partial charge in [-0.15, -0.1) is 11.8 Å². The van der Waals surface area contributed by atoms with Crippen LogP contribution in [-0.4, -0.2) is 16.1 Å². The normalized spacial score (nSPS) is 11.9. The van der Waals surface area contributed by atoms with Crippen molar-refractivity contribution in [2.24, 2.45) is 0 Å². The molecule has 2 aromatic rings. The smallest absolute Gasteiger partial charge is 0.292 e. The zero-order valence-electron chi connectivity index (χ0n) is 12.9. The number of hydrogen-bond donors (Lipinski definition) is 1. The van der Waals surface area contributed by atoms with E-state index in [4.69, 9.17) is 0 Å². The van der Waals surface area contributed by atoms with Gasteiger partial charge in [0.15, 0.2) is 23.3 Å². The van der Waals surface area contributed by atoms with Gasteiger partial charge in [-0.25, -0.2) is 22.0 Å². The summed E-state index contributed by atoms with van der Waals surface area (Å²) in [6.07, 6.45) is 0. The molecule has 5 nitrogen and oxygen atoms in total. The third kappa shape index (κ3) is 3.77. The number of hydrogen-bond acceptors (Lipinski definition) is 4. The van der Waals surface area contributed by atoms with Crippen LogP contribution in [0.25, 0.3) is 0 Å². The van der Waals surface area contributed by atoms with Gasteiger partial charge in [-0.2, -0.15) is 0 Å². The molecule has 0 radical (unpaired) electrons. The molecule has 2 rings (SSSR count). The minimum atomic E-state index is -2.30. The van der Waals surface area contributed by atoms with Gasteiger partial charge in [-0.1, -0.05) is 12.1 Å². The molecule has 0 bridgehead atoms. The Morgan fingerprint density at radius 3 is 2.08 bits per heavy atom. The molecule has 0 fully saturated rings. The van der Waals surface area contributed by atoms with Gasteiger partial charge in [0.2, 0.25) is 11.7 Å². The lowest BCUT2D eigenvalue weighted by molar-refractivity contribution is -0.383. The Hall–Kier alpha value is -2.69. The van der Waals surface area contributed by atoms with Gasteiger partial charge in [0.1, 0.15) is 5.69 Å². The summed E-state index contributed by atoms with van der Waals surface area (Å²) in [5.41, 5.74) is -0.596. The molecule has 0 aliphatic rings. The van der Waals surface area contributed by atoms with E-state index in [0.29, 0.717) is 0 Å². The van der Waals surface area contributed by atoms with Crippen molar-refractivity contribution in [2.45, 2.75) is 17.1 Å². The zero-order chi connectivity index (χ0) is 19.6. The quantitative estimate of drug-likeness (QED) is 0.204. The molecule has 11 heteroatoms. The summed E-state index contributed by atoms with van der Waals surface area (Å²) in [5, 5.41) is 11.8. The van der Waals surface area contributed by atoms with Gasteiger partial charge < -0.3 is 5.32 Å². The van der Waals surface area contributed by atoms with E-state index < -0.39 is 55.7 Å². The van der Waals surface area contributed by atoms with Crippen molar-refractivity contribution in [3.8, 4) is 0 Å². The first kappa shape index (κ1) is 19.6. The second-order valence-electron chi connectivity index (χ2n) is 4.92. The molecule has 2 aromatic carbocycles. The molecule has 0 aliphatic carbocycles. The number of anilines is 1. The Bertz CT molecular complexity index is 865. The monoisotopic (exact) mass is 392 g/mol. The number of halogens is 5.